The fraction of sp³-hybridized carbons (Fsp3) is 0.359. The van der Waals surface area contributed by atoms with Gasteiger partial charge in [-0.1, -0.05) is 80.6 Å². The van der Waals surface area contributed by atoms with Gasteiger partial charge >= 0.3 is 0 Å². The molecule has 0 radical (unpaired) electrons. The average molecular weight is 713 g/mol. The van der Waals surface area contributed by atoms with Crippen molar-refractivity contribution in [2.24, 2.45) is 5.92 Å². The zero-order valence-electron chi connectivity index (χ0n) is 29.3. The summed E-state index contributed by atoms with van der Waals surface area (Å²) in [5, 5.41) is 20.5. The molecule has 268 valence electrons. The van der Waals surface area contributed by atoms with Crippen LogP contribution < -0.4 is 21.4 Å². The van der Waals surface area contributed by atoms with Gasteiger partial charge in [-0.2, -0.15) is 0 Å². The van der Waals surface area contributed by atoms with Gasteiger partial charge in [0.1, 0.15) is 17.7 Å². The number of aryl methyl sites for hydroxylation is 1. The Balaban J connectivity index is 1.35. The monoisotopic (exact) mass is 712 g/mol. The molecule has 1 aliphatic rings. The van der Waals surface area contributed by atoms with Crippen LogP contribution in [0, 0.1) is 12.8 Å². The molecule has 4 aromatic rings. The van der Waals surface area contributed by atoms with E-state index in [2.05, 4.69) is 16.0 Å². The number of thioether (sulfide) groups is 1. The third-order valence-electron chi connectivity index (χ3n) is 9.15. The molecule has 4 N–H and O–H groups in total. The molecule has 0 unspecified atom stereocenters. The second kappa shape index (κ2) is 15.9. The van der Waals surface area contributed by atoms with E-state index in [9.17, 15) is 29.1 Å². The second-order valence-electron chi connectivity index (χ2n) is 13.6. The number of hydrogen-bond acceptors (Lipinski definition) is 8. The van der Waals surface area contributed by atoms with Crippen molar-refractivity contribution in [2.75, 3.05) is 5.88 Å². The first-order valence-electron chi connectivity index (χ1n) is 16.9. The first kappa shape index (κ1) is 37.3. The molecule has 1 aromatic heterocycles. The lowest BCUT2D eigenvalue weighted by molar-refractivity contribution is -0.148. The molecule has 0 bridgehead atoms. The maximum atomic E-state index is 14.1. The van der Waals surface area contributed by atoms with Gasteiger partial charge in [-0.25, -0.2) is 0 Å². The number of carbonyl (C=O) groups excluding carboxylic acids is 4. The van der Waals surface area contributed by atoms with Crippen LogP contribution in [0.2, 0.25) is 0 Å². The third kappa shape index (κ3) is 8.69. The Kier molecular flexibility index (Phi) is 11.7. The van der Waals surface area contributed by atoms with Gasteiger partial charge < -0.3 is 30.4 Å². The van der Waals surface area contributed by atoms with Gasteiger partial charge in [0, 0.05) is 17.4 Å². The number of nitrogens with zero attached hydrogens (tertiary/aromatic N) is 1. The largest absolute Gasteiger partial charge is 0.451 e. The summed E-state index contributed by atoms with van der Waals surface area (Å²) >= 11 is 1.43. The normalized spacial score (nSPS) is 17.1. The number of rotatable bonds is 12. The van der Waals surface area contributed by atoms with Gasteiger partial charge in [0.25, 0.3) is 11.8 Å². The number of para-hydroxylation sites is 1. The molecule has 51 heavy (non-hydrogen) atoms. The van der Waals surface area contributed by atoms with Crippen molar-refractivity contribution >= 4 is 46.4 Å². The number of benzene rings is 3. The van der Waals surface area contributed by atoms with E-state index in [0.717, 1.165) is 22.8 Å². The van der Waals surface area contributed by atoms with Gasteiger partial charge in [0.15, 0.2) is 17.3 Å². The minimum atomic E-state index is -1.72. The summed E-state index contributed by atoms with van der Waals surface area (Å²) in [6.07, 6.45) is -1.64. The Morgan fingerprint density at radius 1 is 0.961 bits per heavy atom. The van der Waals surface area contributed by atoms with Gasteiger partial charge in [-0.3, -0.25) is 24.0 Å². The van der Waals surface area contributed by atoms with Crippen molar-refractivity contribution < 1.29 is 28.7 Å². The fourth-order valence-electron chi connectivity index (χ4n) is 6.19. The van der Waals surface area contributed by atoms with Crippen molar-refractivity contribution in [3.05, 3.63) is 118 Å². The van der Waals surface area contributed by atoms with E-state index < -0.39 is 58.0 Å². The Morgan fingerprint density at radius 3 is 2.33 bits per heavy atom. The SMILES string of the molecule is Cc1ccccc1CNC(=O)[C@H]1N(C(=O)[C@@H](O)[C@H](Cc2ccccc2)NC(=O)[C@@H](NC(=O)c2cc(=O)c3ccccc3o2)C(C)C)CSC1(C)C. The highest BCUT2D eigenvalue weighted by atomic mass is 32.2. The fourth-order valence-corrected chi connectivity index (χ4v) is 7.33. The second-order valence-corrected chi connectivity index (χ2v) is 15.2. The Labute approximate surface area is 301 Å². The maximum absolute atomic E-state index is 14.1. The Bertz CT molecular complexity index is 1960. The number of fused-ring (bicyclic) bond motifs is 1. The van der Waals surface area contributed by atoms with E-state index in [1.165, 1.54) is 16.7 Å². The van der Waals surface area contributed by atoms with Crippen LogP contribution in [0.25, 0.3) is 11.0 Å². The van der Waals surface area contributed by atoms with Crippen LogP contribution in [-0.2, 0) is 27.3 Å². The highest BCUT2D eigenvalue weighted by Crippen LogP contribution is 2.40. The number of nitrogens with one attached hydrogen (secondary N) is 3. The predicted octanol–water partition coefficient (Wildman–Crippen LogP) is 3.94. The molecule has 4 amide bonds. The van der Waals surface area contributed by atoms with Crippen LogP contribution in [0.5, 0.6) is 0 Å². The molecule has 0 aliphatic carbocycles. The van der Waals surface area contributed by atoms with Crippen LogP contribution >= 0.6 is 11.8 Å². The quantitative estimate of drug-likeness (QED) is 0.172. The highest BCUT2D eigenvalue weighted by Gasteiger charge is 2.50. The van der Waals surface area contributed by atoms with Gasteiger partial charge in [-0.05, 0) is 61.9 Å². The zero-order chi connectivity index (χ0) is 36.9. The maximum Gasteiger partial charge on any atom is 0.287 e. The standard InChI is InChI=1S/C39H44N4O7S/c1-23(2)32(42-35(46)31-20-29(44)27-17-11-12-18-30(27)50-31)36(47)41-28(19-25-14-7-6-8-15-25)33(45)38(49)43-22-51-39(4,5)34(43)37(48)40-21-26-16-10-9-13-24(26)3/h6-18,20,23,28,32-34,45H,19,21-22H2,1-5H3,(H,40,48)(H,41,47)(H,42,46)/t28-,32-,33-,34+/m0/s1. The van der Waals surface area contributed by atoms with E-state index in [1.54, 1.807) is 38.1 Å². The van der Waals surface area contributed by atoms with E-state index in [4.69, 9.17) is 4.42 Å². The molecule has 0 spiro atoms. The molecule has 1 saturated heterocycles. The molecule has 5 rings (SSSR count). The highest BCUT2D eigenvalue weighted by molar-refractivity contribution is 8.00. The summed E-state index contributed by atoms with van der Waals surface area (Å²) in [6, 6.07) is 21.3. The summed E-state index contributed by atoms with van der Waals surface area (Å²) < 4.78 is 5.02. The summed E-state index contributed by atoms with van der Waals surface area (Å²) in [4.78, 5) is 69.0. The molecule has 4 atom stereocenters. The third-order valence-corrected chi connectivity index (χ3v) is 10.5. The predicted molar refractivity (Wildman–Crippen MR) is 197 cm³/mol. The van der Waals surface area contributed by atoms with Crippen molar-refractivity contribution in [1.82, 2.24) is 20.9 Å². The number of aliphatic hydroxyl groups is 1. The van der Waals surface area contributed by atoms with E-state index in [0.29, 0.717) is 5.39 Å². The first-order chi connectivity index (χ1) is 24.3. The van der Waals surface area contributed by atoms with E-state index in [-0.39, 0.29) is 36.1 Å². The summed E-state index contributed by atoms with van der Waals surface area (Å²) in [5.41, 5.74) is 2.56. The van der Waals surface area contributed by atoms with Crippen molar-refractivity contribution in [1.29, 1.82) is 0 Å². The van der Waals surface area contributed by atoms with Crippen molar-refractivity contribution in [3.8, 4) is 0 Å². The minimum absolute atomic E-state index is 0.0896. The summed E-state index contributed by atoms with van der Waals surface area (Å²) in [5.74, 6) is -2.97. The molecule has 2 heterocycles. The minimum Gasteiger partial charge on any atom is -0.451 e. The smallest absolute Gasteiger partial charge is 0.287 e. The Hall–Kier alpha value is -4.94. The van der Waals surface area contributed by atoms with E-state index >= 15 is 0 Å². The van der Waals surface area contributed by atoms with Gasteiger partial charge in [-0.15, -0.1) is 11.8 Å². The first-order valence-corrected chi connectivity index (χ1v) is 17.9. The van der Waals surface area contributed by atoms with Crippen LogP contribution in [0.3, 0.4) is 0 Å². The Morgan fingerprint density at radius 2 is 1.63 bits per heavy atom. The van der Waals surface area contributed by atoms with E-state index in [1.807, 2.05) is 75.4 Å². The molecule has 11 nitrogen and oxygen atoms in total. The molecule has 1 fully saturated rings. The van der Waals surface area contributed by atoms with Crippen LogP contribution in [-0.4, -0.2) is 68.5 Å². The molecule has 0 saturated carbocycles. The lowest BCUT2D eigenvalue weighted by Gasteiger charge is -2.34. The van der Waals surface area contributed by atoms with Gasteiger partial charge in [0.2, 0.25) is 11.8 Å². The number of amides is 4. The number of carbonyl (C=O) groups is 4. The van der Waals surface area contributed by atoms with Crippen LogP contribution in [0.15, 0.2) is 94.1 Å². The van der Waals surface area contributed by atoms with Crippen molar-refractivity contribution in [3.63, 3.8) is 0 Å². The molecule has 1 aliphatic heterocycles. The number of aliphatic hydroxyl groups excluding tert-OH is 1. The molecular weight excluding hydrogens is 669 g/mol. The lowest BCUT2D eigenvalue weighted by atomic mass is 9.96. The number of hydrogen-bond donors (Lipinski definition) is 4. The summed E-state index contributed by atoms with van der Waals surface area (Å²) in [6.45, 7) is 9.47. The molecular formula is C39H44N4O7S. The van der Waals surface area contributed by atoms with Gasteiger partial charge in [0.05, 0.1) is 17.3 Å². The topological polar surface area (TPSA) is 158 Å². The lowest BCUT2D eigenvalue weighted by Crippen LogP contribution is -2.60. The molecule has 3 aromatic carbocycles. The summed E-state index contributed by atoms with van der Waals surface area (Å²) in [7, 11) is 0. The van der Waals surface area contributed by atoms with Crippen LogP contribution in [0.4, 0.5) is 0 Å². The van der Waals surface area contributed by atoms with Crippen LogP contribution in [0.1, 0.15) is 54.9 Å². The molecule has 12 heteroatoms. The van der Waals surface area contributed by atoms with Crippen molar-refractivity contribution in [2.45, 2.75) is 76.6 Å². The average Bonchev–Trinajstić information content (AvgIpc) is 3.43. The zero-order valence-corrected chi connectivity index (χ0v) is 30.2.